The van der Waals surface area contributed by atoms with Crippen LogP contribution < -0.4 is 5.73 Å². The molecular formula is C12H16NO. The maximum absolute atomic E-state index is 5.53. The molecule has 0 spiro atoms. The molecule has 1 aromatic rings. The zero-order chi connectivity index (χ0) is 9.80. The van der Waals surface area contributed by atoms with Gasteiger partial charge in [0.1, 0.15) is 0 Å². The Balaban J connectivity index is 1.95. The largest absolute Gasteiger partial charge is 0.378 e. The zero-order valence-corrected chi connectivity index (χ0v) is 8.28. The van der Waals surface area contributed by atoms with E-state index in [1.54, 1.807) is 0 Å². The first-order chi connectivity index (χ1) is 6.88. The number of hydrogen-bond donors (Lipinski definition) is 1. The van der Waals surface area contributed by atoms with E-state index in [0.29, 0.717) is 12.6 Å². The van der Waals surface area contributed by atoms with Crippen LogP contribution in [-0.2, 0) is 11.3 Å². The number of nitrogens with two attached hydrogens (primary N) is 1. The molecule has 1 unspecified atom stereocenters. The van der Waals surface area contributed by atoms with Crippen LogP contribution in [0.2, 0.25) is 0 Å². The van der Waals surface area contributed by atoms with Gasteiger partial charge in [-0.2, -0.15) is 0 Å². The van der Waals surface area contributed by atoms with Gasteiger partial charge in [0.05, 0.1) is 6.10 Å². The van der Waals surface area contributed by atoms with Gasteiger partial charge in [-0.3, -0.25) is 0 Å². The lowest BCUT2D eigenvalue weighted by Gasteiger charge is -2.08. The monoisotopic (exact) mass is 190 g/mol. The van der Waals surface area contributed by atoms with Gasteiger partial charge < -0.3 is 10.5 Å². The van der Waals surface area contributed by atoms with E-state index < -0.39 is 0 Å². The molecule has 14 heavy (non-hydrogen) atoms. The molecule has 2 rings (SSSR count). The van der Waals surface area contributed by atoms with Crippen molar-refractivity contribution >= 4 is 0 Å². The maximum Gasteiger partial charge on any atom is 0.0651 e. The number of rotatable bonds is 3. The molecule has 2 N–H and O–H groups in total. The summed E-state index contributed by atoms with van der Waals surface area (Å²) in [5, 5.41) is 0. The summed E-state index contributed by atoms with van der Waals surface area (Å²) < 4.78 is 5.53. The normalized spacial score (nSPS) is 21.4. The highest BCUT2D eigenvalue weighted by Crippen LogP contribution is 2.19. The number of hydrogen-bond acceptors (Lipinski definition) is 2. The molecule has 0 amide bonds. The Labute approximate surface area is 85.1 Å². The third-order valence-electron chi connectivity index (χ3n) is 2.56. The fourth-order valence-electron chi connectivity index (χ4n) is 1.71. The Bertz CT molecular complexity index is 275. The van der Waals surface area contributed by atoms with E-state index >= 15 is 0 Å². The molecule has 1 aromatic carbocycles. The molecule has 1 radical (unpaired) electrons. The lowest BCUT2D eigenvalue weighted by molar-refractivity contribution is 0.136. The second-order valence-corrected chi connectivity index (χ2v) is 3.66. The molecule has 2 nitrogen and oxygen atoms in total. The summed E-state index contributed by atoms with van der Waals surface area (Å²) in [5.74, 6) is 0. The highest BCUT2D eigenvalue weighted by atomic mass is 16.5. The molecular weight excluding hydrogens is 174 g/mol. The SMILES string of the molecule is NCc1ccc([CH]C2CCCO2)cc1. The highest BCUT2D eigenvalue weighted by Gasteiger charge is 2.15. The van der Waals surface area contributed by atoms with Crippen molar-refractivity contribution in [1.29, 1.82) is 0 Å². The van der Waals surface area contributed by atoms with E-state index in [-0.39, 0.29) is 0 Å². The van der Waals surface area contributed by atoms with Gasteiger partial charge in [-0.15, -0.1) is 0 Å². The lowest BCUT2D eigenvalue weighted by atomic mass is 10.0. The Morgan fingerprint density at radius 2 is 2.14 bits per heavy atom. The van der Waals surface area contributed by atoms with Crippen LogP contribution in [-0.4, -0.2) is 12.7 Å². The van der Waals surface area contributed by atoms with Crippen LogP contribution in [0.4, 0.5) is 0 Å². The Morgan fingerprint density at radius 1 is 1.36 bits per heavy atom. The van der Waals surface area contributed by atoms with Crippen LogP contribution >= 0.6 is 0 Å². The van der Waals surface area contributed by atoms with Crippen LogP contribution in [0.3, 0.4) is 0 Å². The van der Waals surface area contributed by atoms with Crippen LogP contribution in [0, 0.1) is 6.42 Å². The summed E-state index contributed by atoms with van der Waals surface area (Å²) in [6.45, 7) is 1.52. The van der Waals surface area contributed by atoms with Gasteiger partial charge in [-0.25, -0.2) is 0 Å². The van der Waals surface area contributed by atoms with Gasteiger partial charge in [0.25, 0.3) is 0 Å². The number of ether oxygens (including phenoxy) is 1. The fraction of sp³-hybridized carbons (Fsp3) is 0.417. The first kappa shape index (κ1) is 9.69. The molecule has 1 heterocycles. The van der Waals surface area contributed by atoms with Crippen molar-refractivity contribution in [3.63, 3.8) is 0 Å². The first-order valence-electron chi connectivity index (χ1n) is 5.14. The molecule has 0 aliphatic carbocycles. The molecule has 0 saturated carbocycles. The molecule has 0 aromatic heterocycles. The highest BCUT2D eigenvalue weighted by molar-refractivity contribution is 5.28. The zero-order valence-electron chi connectivity index (χ0n) is 8.28. The second-order valence-electron chi connectivity index (χ2n) is 3.66. The van der Waals surface area contributed by atoms with Crippen molar-refractivity contribution in [2.75, 3.05) is 6.61 Å². The van der Waals surface area contributed by atoms with Crippen LogP contribution in [0.25, 0.3) is 0 Å². The van der Waals surface area contributed by atoms with E-state index in [2.05, 4.69) is 30.7 Å². The van der Waals surface area contributed by atoms with Gasteiger partial charge in [-0.1, -0.05) is 24.3 Å². The van der Waals surface area contributed by atoms with E-state index in [1.165, 1.54) is 17.5 Å². The maximum atomic E-state index is 5.53. The van der Waals surface area contributed by atoms with E-state index in [9.17, 15) is 0 Å². The minimum absolute atomic E-state index is 0.318. The average molecular weight is 190 g/mol. The second kappa shape index (κ2) is 4.58. The molecule has 1 saturated heterocycles. The number of benzene rings is 1. The Morgan fingerprint density at radius 3 is 2.71 bits per heavy atom. The third-order valence-corrected chi connectivity index (χ3v) is 2.56. The van der Waals surface area contributed by atoms with Crippen molar-refractivity contribution in [2.45, 2.75) is 25.5 Å². The molecule has 1 atom stereocenters. The van der Waals surface area contributed by atoms with Gasteiger partial charge in [0, 0.05) is 19.6 Å². The minimum atomic E-state index is 0.318. The Hall–Kier alpha value is -0.860. The van der Waals surface area contributed by atoms with Crippen molar-refractivity contribution < 1.29 is 4.74 Å². The predicted octanol–water partition coefficient (Wildman–Crippen LogP) is 1.88. The van der Waals surface area contributed by atoms with Crippen molar-refractivity contribution in [3.05, 3.63) is 41.8 Å². The summed E-state index contributed by atoms with van der Waals surface area (Å²) in [6, 6.07) is 8.34. The molecule has 1 fully saturated rings. The summed E-state index contributed by atoms with van der Waals surface area (Å²) in [4.78, 5) is 0. The summed E-state index contributed by atoms with van der Waals surface area (Å²) in [7, 11) is 0. The third kappa shape index (κ3) is 2.34. The molecule has 0 bridgehead atoms. The smallest absolute Gasteiger partial charge is 0.0651 e. The van der Waals surface area contributed by atoms with Crippen molar-refractivity contribution in [3.8, 4) is 0 Å². The van der Waals surface area contributed by atoms with Gasteiger partial charge in [0.15, 0.2) is 0 Å². The van der Waals surface area contributed by atoms with E-state index in [0.717, 1.165) is 13.0 Å². The molecule has 75 valence electrons. The van der Waals surface area contributed by atoms with E-state index in [1.807, 2.05) is 0 Å². The van der Waals surface area contributed by atoms with Gasteiger partial charge >= 0.3 is 0 Å². The van der Waals surface area contributed by atoms with Crippen molar-refractivity contribution in [1.82, 2.24) is 0 Å². The van der Waals surface area contributed by atoms with Gasteiger partial charge in [-0.05, 0) is 24.0 Å². The van der Waals surface area contributed by atoms with Crippen LogP contribution in [0.15, 0.2) is 24.3 Å². The standard InChI is InChI=1S/C12H16NO/c13-9-11-5-3-10(4-6-11)8-12-2-1-7-14-12/h3-6,8,12H,1-2,7,9,13H2. The van der Waals surface area contributed by atoms with Crippen LogP contribution in [0.1, 0.15) is 24.0 Å². The molecule has 1 aliphatic rings. The topological polar surface area (TPSA) is 35.2 Å². The van der Waals surface area contributed by atoms with Gasteiger partial charge in [0.2, 0.25) is 0 Å². The molecule has 2 heteroatoms. The lowest BCUT2D eigenvalue weighted by Crippen LogP contribution is -2.06. The summed E-state index contributed by atoms with van der Waals surface area (Å²) in [6.07, 6.45) is 4.84. The van der Waals surface area contributed by atoms with E-state index in [4.69, 9.17) is 10.5 Å². The minimum Gasteiger partial charge on any atom is -0.378 e. The van der Waals surface area contributed by atoms with Crippen LogP contribution in [0.5, 0.6) is 0 Å². The quantitative estimate of drug-likeness (QED) is 0.789. The predicted molar refractivity (Wildman–Crippen MR) is 56.7 cm³/mol. The van der Waals surface area contributed by atoms with Crippen molar-refractivity contribution in [2.24, 2.45) is 5.73 Å². The Kier molecular flexibility index (Phi) is 3.17. The fourth-order valence-corrected chi connectivity index (χ4v) is 1.71. The first-order valence-corrected chi connectivity index (χ1v) is 5.14. The summed E-state index contributed by atoms with van der Waals surface area (Å²) in [5.41, 5.74) is 7.93. The summed E-state index contributed by atoms with van der Waals surface area (Å²) >= 11 is 0. The average Bonchev–Trinajstić information content (AvgIpc) is 2.72. The molecule has 1 aliphatic heterocycles.